The first-order valence-corrected chi connectivity index (χ1v) is 5.71. The molecule has 0 aromatic heterocycles. The van der Waals surface area contributed by atoms with E-state index in [1.54, 1.807) is 0 Å². The molecule has 0 aromatic rings. The zero-order valence-corrected chi connectivity index (χ0v) is 9.00. The SMILES string of the molecule is O=C(C1CCOC1)N1CCCC(Cl)C1. The van der Waals surface area contributed by atoms with Gasteiger partial charge in [-0.2, -0.15) is 0 Å². The fourth-order valence-corrected chi connectivity index (χ4v) is 2.43. The van der Waals surface area contributed by atoms with E-state index in [0.717, 1.165) is 39.0 Å². The molecule has 80 valence electrons. The van der Waals surface area contributed by atoms with Crippen molar-refractivity contribution in [1.29, 1.82) is 0 Å². The predicted molar refractivity (Wildman–Crippen MR) is 54.4 cm³/mol. The number of hydrogen-bond donors (Lipinski definition) is 0. The Morgan fingerprint density at radius 2 is 2.29 bits per heavy atom. The van der Waals surface area contributed by atoms with Crippen molar-refractivity contribution in [3.8, 4) is 0 Å². The summed E-state index contributed by atoms with van der Waals surface area (Å²) in [5, 5.41) is 0.148. The van der Waals surface area contributed by atoms with E-state index in [0.29, 0.717) is 6.61 Å². The number of likely N-dealkylation sites (tertiary alicyclic amines) is 1. The van der Waals surface area contributed by atoms with Gasteiger partial charge in [-0.05, 0) is 19.3 Å². The van der Waals surface area contributed by atoms with Gasteiger partial charge in [-0.3, -0.25) is 4.79 Å². The quantitative estimate of drug-likeness (QED) is 0.619. The van der Waals surface area contributed by atoms with Gasteiger partial charge >= 0.3 is 0 Å². The summed E-state index contributed by atoms with van der Waals surface area (Å²) in [7, 11) is 0. The second kappa shape index (κ2) is 4.49. The van der Waals surface area contributed by atoms with Crippen LogP contribution < -0.4 is 0 Å². The summed E-state index contributed by atoms with van der Waals surface area (Å²) in [5.41, 5.74) is 0. The summed E-state index contributed by atoms with van der Waals surface area (Å²) in [6, 6.07) is 0. The molecule has 2 rings (SSSR count). The number of ether oxygens (including phenoxy) is 1. The fraction of sp³-hybridized carbons (Fsp3) is 0.900. The number of rotatable bonds is 1. The molecule has 1 amide bonds. The highest BCUT2D eigenvalue weighted by Gasteiger charge is 2.30. The lowest BCUT2D eigenvalue weighted by atomic mass is 10.0. The molecule has 2 aliphatic rings. The number of amides is 1. The summed E-state index contributed by atoms with van der Waals surface area (Å²) < 4.78 is 5.22. The third-order valence-electron chi connectivity index (χ3n) is 2.95. The summed E-state index contributed by atoms with van der Waals surface area (Å²) in [4.78, 5) is 13.8. The molecule has 0 spiro atoms. The number of alkyl halides is 1. The van der Waals surface area contributed by atoms with Crippen LogP contribution in [0.25, 0.3) is 0 Å². The maximum absolute atomic E-state index is 11.9. The van der Waals surface area contributed by atoms with Crippen LogP contribution in [0.5, 0.6) is 0 Å². The fourth-order valence-electron chi connectivity index (χ4n) is 2.11. The minimum atomic E-state index is 0.0944. The first-order chi connectivity index (χ1) is 6.77. The zero-order chi connectivity index (χ0) is 9.97. The highest BCUT2D eigenvalue weighted by molar-refractivity contribution is 6.20. The maximum atomic E-state index is 11.9. The Kier molecular flexibility index (Phi) is 3.29. The van der Waals surface area contributed by atoms with Crippen LogP contribution in [-0.2, 0) is 9.53 Å². The van der Waals surface area contributed by atoms with Crippen molar-refractivity contribution in [1.82, 2.24) is 4.90 Å². The van der Waals surface area contributed by atoms with Crippen molar-refractivity contribution in [2.45, 2.75) is 24.6 Å². The van der Waals surface area contributed by atoms with E-state index in [2.05, 4.69) is 0 Å². The molecule has 3 nitrogen and oxygen atoms in total. The monoisotopic (exact) mass is 217 g/mol. The Balaban J connectivity index is 1.89. The summed E-state index contributed by atoms with van der Waals surface area (Å²) in [5.74, 6) is 0.338. The second-order valence-corrected chi connectivity index (χ2v) is 4.70. The van der Waals surface area contributed by atoms with E-state index >= 15 is 0 Å². The van der Waals surface area contributed by atoms with Crippen molar-refractivity contribution >= 4 is 17.5 Å². The summed E-state index contributed by atoms with van der Waals surface area (Å²) in [6.07, 6.45) is 2.95. The highest BCUT2D eigenvalue weighted by Crippen LogP contribution is 2.20. The first kappa shape index (κ1) is 10.2. The molecule has 2 saturated heterocycles. The smallest absolute Gasteiger partial charge is 0.228 e. The second-order valence-electron chi connectivity index (χ2n) is 4.08. The van der Waals surface area contributed by atoms with Crippen LogP contribution in [0, 0.1) is 5.92 Å². The van der Waals surface area contributed by atoms with Crippen molar-refractivity contribution in [3.05, 3.63) is 0 Å². The molecule has 2 fully saturated rings. The maximum Gasteiger partial charge on any atom is 0.228 e. The van der Waals surface area contributed by atoms with Crippen LogP contribution in [0.4, 0.5) is 0 Å². The van der Waals surface area contributed by atoms with Crippen LogP contribution in [-0.4, -0.2) is 42.5 Å². The molecular weight excluding hydrogens is 202 g/mol. The van der Waals surface area contributed by atoms with Crippen LogP contribution in [0.2, 0.25) is 0 Å². The molecule has 4 heteroatoms. The molecule has 0 saturated carbocycles. The number of piperidine rings is 1. The van der Waals surface area contributed by atoms with Crippen LogP contribution in [0.15, 0.2) is 0 Å². The van der Waals surface area contributed by atoms with Crippen LogP contribution in [0.1, 0.15) is 19.3 Å². The Morgan fingerprint density at radius 1 is 1.43 bits per heavy atom. The predicted octanol–water partition coefficient (Wildman–Crippen LogP) is 1.25. The molecule has 2 unspecified atom stereocenters. The van der Waals surface area contributed by atoms with Gasteiger partial charge in [0.2, 0.25) is 5.91 Å². The van der Waals surface area contributed by atoms with E-state index in [-0.39, 0.29) is 17.2 Å². The first-order valence-electron chi connectivity index (χ1n) is 5.28. The van der Waals surface area contributed by atoms with E-state index in [9.17, 15) is 4.79 Å². The van der Waals surface area contributed by atoms with E-state index < -0.39 is 0 Å². The largest absolute Gasteiger partial charge is 0.381 e. The molecule has 0 bridgehead atoms. The highest BCUT2D eigenvalue weighted by atomic mass is 35.5. The average Bonchev–Trinajstić information content (AvgIpc) is 2.69. The topological polar surface area (TPSA) is 29.5 Å². The number of carbonyl (C=O) groups is 1. The molecular formula is C10H16ClNO2. The Morgan fingerprint density at radius 3 is 2.93 bits per heavy atom. The molecule has 14 heavy (non-hydrogen) atoms. The average molecular weight is 218 g/mol. The molecule has 0 radical (unpaired) electrons. The number of carbonyl (C=O) groups excluding carboxylic acids is 1. The Labute approximate surface area is 89.4 Å². The lowest BCUT2D eigenvalue weighted by Gasteiger charge is -2.31. The van der Waals surface area contributed by atoms with E-state index in [1.165, 1.54) is 0 Å². The van der Waals surface area contributed by atoms with Crippen molar-refractivity contribution < 1.29 is 9.53 Å². The molecule has 2 heterocycles. The molecule has 0 aromatic carbocycles. The lowest BCUT2D eigenvalue weighted by Crippen LogP contribution is -2.43. The zero-order valence-electron chi connectivity index (χ0n) is 8.25. The van der Waals surface area contributed by atoms with Crippen molar-refractivity contribution in [2.24, 2.45) is 5.92 Å². The third-order valence-corrected chi connectivity index (χ3v) is 3.31. The van der Waals surface area contributed by atoms with Gasteiger partial charge in [0, 0.05) is 19.7 Å². The number of halogens is 1. The van der Waals surface area contributed by atoms with Crippen LogP contribution >= 0.6 is 11.6 Å². The molecule has 0 N–H and O–H groups in total. The van der Waals surface area contributed by atoms with Gasteiger partial charge in [0.05, 0.1) is 17.9 Å². The number of hydrogen-bond acceptors (Lipinski definition) is 2. The van der Waals surface area contributed by atoms with Gasteiger partial charge in [-0.15, -0.1) is 11.6 Å². The van der Waals surface area contributed by atoms with Gasteiger partial charge in [-0.25, -0.2) is 0 Å². The van der Waals surface area contributed by atoms with Crippen molar-refractivity contribution in [3.63, 3.8) is 0 Å². The molecule has 2 atom stereocenters. The minimum Gasteiger partial charge on any atom is -0.381 e. The van der Waals surface area contributed by atoms with Gasteiger partial charge in [0.25, 0.3) is 0 Å². The summed E-state index contributed by atoms with van der Waals surface area (Å²) in [6.45, 7) is 2.92. The van der Waals surface area contributed by atoms with E-state index in [4.69, 9.17) is 16.3 Å². The van der Waals surface area contributed by atoms with E-state index in [1.807, 2.05) is 4.90 Å². The Bertz CT molecular complexity index is 216. The number of nitrogens with zero attached hydrogens (tertiary/aromatic N) is 1. The van der Waals surface area contributed by atoms with Crippen molar-refractivity contribution in [2.75, 3.05) is 26.3 Å². The van der Waals surface area contributed by atoms with Gasteiger partial charge < -0.3 is 9.64 Å². The molecule has 0 aliphatic carbocycles. The normalized spacial score (nSPS) is 33.4. The van der Waals surface area contributed by atoms with Gasteiger partial charge in [0.15, 0.2) is 0 Å². The van der Waals surface area contributed by atoms with Crippen LogP contribution in [0.3, 0.4) is 0 Å². The standard InChI is InChI=1S/C10H16ClNO2/c11-9-2-1-4-12(6-9)10(13)8-3-5-14-7-8/h8-9H,1-7H2. The molecule has 2 aliphatic heterocycles. The lowest BCUT2D eigenvalue weighted by molar-refractivity contribution is -0.136. The van der Waals surface area contributed by atoms with Gasteiger partial charge in [0.1, 0.15) is 0 Å². The minimum absolute atomic E-state index is 0.0944. The third kappa shape index (κ3) is 2.20. The van der Waals surface area contributed by atoms with Gasteiger partial charge in [-0.1, -0.05) is 0 Å². The Hall–Kier alpha value is -0.280. The summed E-state index contributed by atoms with van der Waals surface area (Å²) >= 11 is 6.04.